The highest BCUT2D eigenvalue weighted by Crippen LogP contribution is 2.11. The van der Waals surface area contributed by atoms with Gasteiger partial charge in [-0.25, -0.2) is 4.98 Å². The van der Waals surface area contributed by atoms with Crippen molar-refractivity contribution in [3.05, 3.63) is 45.9 Å². The van der Waals surface area contributed by atoms with E-state index in [0.717, 1.165) is 10.7 Å². The number of aryl methyl sites for hydroxylation is 1. The topological polar surface area (TPSA) is 62.2 Å². The van der Waals surface area contributed by atoms with Gasteiger partial charge in [0.25, 0.3) is 5.91 Å². The minimum atomic E-state index is -0.169. The van der Waals surface area contributed by atoms with Crippen LogP contribution in [0.25, 0.3) is 0 Å². The summed E-state index contributed by atoms with van der Waals surface area (Å²) >= 11 is 1.52. The lowest BCUT2D eigenvalue weighted by Crippen LogP contribution is -2.22. The second kappa shape index (κ2) is 4.97. The fourth-order valence-corrected chi connectivity index (χ4v) is 2.07. The van der Waals surface area contributed by atoms with Gasteiger partial charge >= 0.3 is 0 Å². The van der Waals surface area contributed by atoms with Gasteiger partial charge in [0.15, 0.2) is 0 Å². The van der Waals surface area contributed by atoms with Crippen molar-refractivity contribution in [2.45, 2.75) is 13.5 Å². The first kappa shape index (κ1) is 11.6. The number of thiazole rings is 1. The number of aromatic nitrogens is 1. The molecule has 88 valence electrons. The van der Waals surface area contributed by atoms with Gasteiger partial charge in [-0.2, -0.15) is 0 Å². The van der Waals surface area contributed by atoms with Crippen LogP contribution in [0, 0.1) is 6.92 Å². The van der Waals surface area contributed by atoms with Crippen LogP contribution in [0.2, 0.25) is 0 Å². The Morgan fingerprint density at radius 3 is 2.71 bits per heavy atom. The normalized spacial score (nSPS) is 10.2. The summed E-state index contributed by atoms with van der Waals surface area (Å²) in [6.45, 7) is 2.35. The van der Waals surface area contributed by atoms with Crippen LogP contribution in [0.1, 0.15) is 21.1 Å². The first-order valence-electron chi connectivity index (χ1n) is 5.13. The van der Waals surface area contributed by atoms with Crippen LogP contribution in [0.4, 0.5) is 0 Å². The summed E-state index contributed by atoms with van der Waals surface area (Å²) in [4.78, 5) is 16.0. The van der Waals surface area contributed by atoms with Crippen molar-refractivity contribution >= 4 is 17.2 Å². The Morgan fingerprint density at radius 1 is 1.41 bits per heavy atom. The van der Waals surface area contributed by atoms with Crippen molar-refractivity contribution in [2.24, 2.45) is 0 Å². The SMILES string of the molecule is Cc1csc(CNC(=O)c2ccc(O)cc2)n1. The van der Waals surface area contributed by atoms with Gasteiger partial charge in [-0.1, -0.05) is 0 Å². The maximum absolute atomic E-state index is 11.7. The summed E-state index contributed by atoms with van der Waals surface area (Å²) in [5.74, 6) is -0.0186. The van der Waals surface area contributed by atoms with Gasteiger partial charge in [-0.15, -0.1) is 11.3 Å². The molecule has 0 saturated carbocycles. The molecule has 17 heavy (non-hydrogen) atoms. The predicted octanol–water partition coefficient (Wildman–Crippen LogP) is 2.09. The van der Waals surface area contributed by atoms with E-state index in [4.69, 9.17) is 5.11 Å². The molecule has 0 bridgehead atoms. The second-order valence-corrected chi connectivity index (χ2v) is 4.55. The first-order valence-corrected chi connectivity index (χ1v) is 6.01. The van der Waals surface area contributed by atoms with Crippen molar-refractivity contribution in [2.75, 3.05) is 0 Å². The molecule has 0 spiro atoms. The number of aromatic hydroxyl groups is 1. The van der Waals surface area contributed by atoms with Gasteiger partial charge in [-0.3, -0.25) is 4.79 Å². The Bertz CT molecular complexity index is 520. The third kappa shape index (κ3) is 3.04. The standard InChI is InChI=1S/C12H12N2O2S/c1-8-7-17-11(14-8)6-13-12(16)9-2-4-10(15)5-3-9/h2-5,7,15H,6H2,1H3,(H,13,16). The van der Waals surface area contributed by atoms with E-state index in [9.17, 15) is 4.79 Å². The van der Waals surface area contributed by atoms with E-state index < -0.39 is 0 Å². The van der Waals surface area contributed by atoms with Crippen molar-refractivity contribution in [3.8, 4) is 5.75 Å². The van der Waals surface area contributed by atoms with Gasteiger partial charge in [0.1, 0.15) is 10.8 Å². The van der Waals surface area contributed by atoms with E-state index in [1.807, 2.05) is 12.3 Å². The maximum Gasteiger partial charge on any atom is 0.251 e. The Morgan fingerprint density at radius 2 is 2.12 bits per heavy atom. The molecular formula is C12H12N2O2S. The van der Waals surface area contributed by atoms with Crippen LogP contribution in [0.5, 0.6) is 5.75 Å². The number of amides is 1. The molecule has 0 saturated heterocycles. The molecule has 2 N–H and O–H groups in total. The molecule has 1 amide bonds. The highest BCUT2D eigenvalue weighted by Gasteiger charge is 2.06. The Labute approximate surface area is 103 Å². The number of nitrogens with one attached hydrogen (secondary N) is 1. The van der Waals surface area contributed by atoms with Crippen LogP contribution in [-0.2, 0) is 6.54 Å². The van der Waals surface area contributed by atoms with E-state index in [0.29, 0.717) is 12.1 Å². The predicted molar refractivity (Wildman–Crippen MR) is 66.1 cm³/mol. The summed E-state index contributed by atoms with van der Waals surface area (Å²) in [5, 5.41) is 14.7. The number of rotatable bonds is 3. The first-order chi connectivity index (χ1) is 8.15. The van der Waals surface area contributed by atoms with E-state index in [2.05, 4.69) is 10.3 Å². The summed E-state index contributed by atoms with van der Waals surface area (Å²) in [6, 6.07) is 6.14. The summed E-state index contributed by atoms with van der Waals surface area (Å²) in [5.41, 5.74) is 1.49. The van der Waals surface area contributed by atoms with E-state index in [-0.39, 0.29) is 11.7 Å². The number of carbonyl (C=O) groups is 1. The number of hydrogen-bond acceptors (Lipinski definition) is 4. The molecule has 4 nitrogen and oxygen atoms in total. The molecule has 1 heterocycles. The number of benzene rings is 1. The van der Waals surface area contributed by atoms with Gasteiger partial charge in [0.05, 0.1) is 6.54 Å². The number of nitrogens with zero attached hydrogens (tertiary/aromatic N) is 1. The Hall–Kier alpha value is -1.88. The molecule has 0 radical (unpaired) electrons. The lowest BCUT2D eigenvalue weighted by Gasteiger charge is -2.03. The smallest absolute Gasteiger partial charge is 0.251 e. The zero-order valence-electron chi connectivity index (χ0n) is 9.30. The molecule has 2 rings (SSSR count). The highest BCUT2D eigenvalue weighted by molar-refractivity contribution is 7.09. The van der Waals surface area contributed by atoms with Crippen LogP contribution in [0.15, 0.2) is 29.6 Å². The minimum absolute atomic E-state index is 0.150. The lowest BCUT2D eigenvalue weighted by molar-refractivity contribution is 0.0951. The average molecular weight is 248 g/mol. The molecule has 0 aliphatic carbocycles. The molecule has 1 aromatic heterocycles. The van der Waals surface area contributed by atoms with E-state index >= 15 is 0 Å². The van der Waals surface area contributed by atoms with Crippen molar-refractivity contribution in [3.63, 3.8) is 0 Å². The average Bonchev–Trinajstić information content (AvgIpc) is 2.73. The number of carbonyl (C=O) groups excluding carboxylic acids is 1. The lowest BCUT2D eigenvalue weighted by atomic mass is 10.2. The fraction of sp³-hybridized carbons (Fsp3) is 0.167. The van der Waals surface area contributed by atoms with E-state index in [1.54, 1.807) is 12.1 Å². The van der Waals surface area contributed by atoms with Crippen LogP contribution in [0.3, 0.4) is 0 Å². The molecule has 2 aromatic rings. The molecular weight excluding hydrogens is 236 g/mol. The maximum atomic E-state index is 11.7. The molecule has 5 heteroatoms. The summed E-state index contributed by atoms with van der Waals surface area (Å²) < 4.78 is 0. The Balaban J connectivity index is 1.95. The minimum Gasteiger partial charge on any atom is -0.508 e. The molecule has 0 aliphatic rings. The monoisotopic (exact) mass is 248 g/mol. The van der Waals surface area contributed by atoms with E-state index in [1.165, 1.54) is 23.5 Å². The molecule has 1 aromatic carbocycles. The van der Waals surface area contributed by atoms with Gasteiger partial charge in [-0.05, 0) is 31.2 Å². The second-order valence-electron chi connectivity index (χ2n) is 3.61. The Kier molecular flexibility index (Phi) is 3.39. The van der Waals surface area contributed by atoms with Gasteiger partial charge < -0.3 is 10.4 Å². The van der Waals surface area contributed by atoms with Crippen LogP contribution < -0.4 is 5.32 Å². The van der Waals surface area contributed by atoms with Crippen molar-refractivity contribution in [1.82, 2.24) is 10.3 Å². The van der Waals surface area contributed by atoms with Crippen LogP contribution in [-0.4, -0.2) is 16.0 Å². The number of hydrogen-bond donors (Lipinski definition) is 2. The van der Waals surface area contributed by atoms with Crippen molar-refractivity contribution < 1.29 is 9.90 Å². The molecule has 0 fully saturated rings. The third-order valence-corrected chi connectivity index (χ3v) is 3.16. The fourth-order valence-electron chi connectivity index (χ4n) is 1.35. The van der Waals surface area contributed by atoms with Gasteiger partial charge in [0, 0.05) is 16.6 Å². The van der Waals surface area contributed by atoms with Crippen LogP contribution >= 0.6 is 11.3 Å². The zero-order valence-corrected chi connectivity index (χ0v) is 10.1. The molecule has 0 unspecified atom stereocenters. The number of phenols is 1. The molecule has 0 atom stereocenters. The summed E-state index contributed by atoms with van der Waals surface area (Å²) in [7, 11) is 0. The quantitative estimate of drug-likeness (QED) is 0.874. The summed E-state index contributed by atoms with van der Waals surface area (Å²) in [6.07, 6.45) is 0. The number of phenolic OH excluding ortho intramolecular Hbond substituents is 1. The van der Waals surface area contributed by atoms with Crippen molar-refractivity contribution in [1.29, 1.82) is 0 Å². The highest BCUT2D eigenvalue weighted by atomic mass is 32.1. The zero-order chi connectivity index (χ0) is 12.3. The van der Waals surface area contributed by atoms with Gasteiger partial charge in [0.2, 0.25) is 0 Å². The third-order valence-electron chi connectivity index (χ3n) is 2.20. The largest absolute Gasteiger partial charge is 0.508 e. The molecule has 0 aliphatic heterocycles.